The first-order chi connectivity index (χ1) is 9.11. The summed E-state index contributed by atoms with van der Waals surface area (Å²) in [7, 11) is 0. The van der Waals surface area contributed by atoms with Crippen LogP contribution in [0.1, 0.15) is 23.0 Å². The van der Waals surface area contributed by atoms with Crippen molar-refractivity contribution >= 4 is 23.1 Å². The summed E-state index contributed by atoms with van der Waals surface area (Å²) in [6, 6.07) is 6.67. The molecule has 4 N–H and O–H groups in total. The molecule has 8 heteroatoms. The maximum atomic E-state index is 11.3. The quantitative estimate of drug-likeness (QED) is 0.248. The molecule has 1 aromatic heterocycles. The number of rotatable bonds is 3. The van der Waals surface area contributed by atoms with E-state index in [0.29, 0.717) is 11.3 Å². The number of nitrogens with two attached hydrogens (primary N) is 1. The molecule has 0 amide bonds. The smallest absolute Gasteiger partial charge is 0.203 e. The molecule has 0 aliphatic rings. The van der Waals surface area contributed by atoms with Crippen molar-refractivity contribution in [3.05, 3.63) is 35.5 Å². The highest BCUT2D eigenvalue weighted by Gasteiger charge is 2.15. The molecule has 0 aliphatic heterocycles. The number of carbonyl (C=O) groups is 1. The average molecular weight is 261 g/mol. The maximum Gasteiger partial charge on any atom is 0.203 e. The van der Waals surface area contributed by atoms with Crippen LogP contribution in [0.15, 0.2) is 34.1 Å². The van der Waals surface area contributed by atoms with E-state index in [1.165, 1.54) is 6.92 Å². The van der Waals surface area contributed by atoms with Gasteiger partial charge in [0.1, 0.15) is 0 Å². The predicted octanol–water partition coefficient (Wildman–Crippen LogP) is 1.10. The summed E-state index contributed by atoms with van der Waals surface area (Å²) in [6.45, 7) is 1.46. The number of ketones is 1. The van der Waals surface area contributed by atoms with Crippen molar-refractivity contribution in [3.63, 3.8) is 0 Å². The molecular weight excluding hydrogens is 250 g/mol. The van der Waals surface area contributed by atoms with Gasteiger partial charge in [-0.05, 0) is 29.4 Å². The maximum absolute atomic E-state index is 11.3. The van der Waals surface area contributed by atoms with E-state index < -0.39 is 0 Å². The molecule has 0 fully saturated rings. The number of anilines is 2. The zero-order valence-corrected chi connectivity index (χ0v) is 9.99. The van der Waals surface area contributed by atoms with Crippen LogP contribution in [0.4, 0.5) is 11.5 Å². The molecule has 0 bridgehead atoms. The monoisotopic (exact) mass is 261 g/mol. The van der Waals surface area contributed by atoms with Crippen LogP contribution >= 0.6 is 0 Å². The molecular formula is C11H11N5O3. The minimum absolute atomic E-state index is 0.0111. The summed E-state index contributed by atoms with van der Waals surface area (Å²) in [5.74, 6) is -0.115. The highest BCUT2D eigenvalue weighted by Crippen LogP contribution is 2.14. The summed E-state index contributed by atoms with van der Waals surface area (Å²) >= 11 is 0. The Bertz CT molecular complexity index is 635. The first-order valence-electron chi connectivity index (χ1n) is 5.30. The van der Waals surface area contributed by atoms with Gasteiger partial charge in [0.25, 0.3) is 0 Å². The molecule has 1 heterocycles. The minimum atomic E-state index is -0.0752. The molecule has 0 saturated carbocycles. The average Bonchev–Trinajstić information content (AvgIpc) is 2.82. The van der Waals surface area contributed by atoms with E-state index in [9.17, 15) is 4.79 Å². The molecule has 0 atom stereocenters. The van der Waals surface area contributed by atoms with Crippen LogP contribution < -0.4 is 11.1 Å². The highest BCUT2D eigenvalue weighted by molar-refractivity contribution is 6.09. The number of benzene rings is 1. The summed E-state index contributed by atoms with van der Waals surface area (Å²) in [5.41, 5.74) is 6.64. The van der Waals surface area contributed by atoms with E-state index >= 15 is 0 Å². The Morgan fingerprint density at radius 3 is 2.84 bits per heavy atom. The lowest BCUT2D eigenvalue weighted by molar-refractivity contribution is 0.101. The van der Waals surface area contributed by atoms with Crippen LogP contribution in [0.2, 0.25) is 0 Å². The molecule has 0 radical (unpaired) electrons. The fourth-order valence-electron chi connectivity index (χ4n) is 1.44. The zero-order chi connectivity index (χ0) is 13.8. The Morgan fingerprint density at radius 1 is 1.47 bits per heavy atom. The molecule has 98 valence electrons. The topological polar surface area (TPSA) is 127 Å². The zero-order valence-electron chi connectivity index (χ0n) is 9.99. The second kappa shape index (κ2) is 5.17. The Labute approximate surface area is 107 Å². The number of amidine groups is 1. The van der Waals surface area contributed by atoms with Crippen LogP contribution in [0.5, 0.6) is 0 Å². The largest absolute Gasteiger partial charge is 0.409 e. The van der Waals surface area contributed by atoms with E-state index in [2.05, 4.69) is 25.4 Å². The standard InChI is InChI=1S/C11H11N5O3/c1-6(17)7-3-2-4-8(5-7)13-11(14-18)9-10(12)16-19-15-9/h2-5,18H,1H3,(H2,12,16)(H,13,14). The Kier molecular flexibility index (Phi) is 3.42. The number of nitrogen functional groups attached to an aromatic ring is 1. The lowest BCUT2D eigenvalue weighted by Gasteiger charge is -2.06. The lowest BCUT2D eigenvalue weighted by Crippen LogP contribution is -2.16. The number of nitrogens with one attached hydrogen (secondary N) is 1. The van der Waals surface area contributed by atoms with Gasteiger partial charge < -0.3 is 16.3 Å². The first-order valence-corrected chi connectivity index (χ1v) is 5.30. The van der Waals surface area contributed by atoms with E-state index in [-0.39, 0.29) is 23.1 Å². The summed E-state index contributed by atoms with van der Waals surface area (Å²) in [5, 5.41) is 21.7. The van der Waals surface area contributed by atoms with Crippen LogP contribution in [0.3, 0.4) is 0 Å². The fourth-order valence-corrected chi connectivity index (χ4v) is 1.44. The van der Waals surface area contributed by atoms with E-state index in [1.807, 2.05) is 0 Å². The third-order valence-corrected chi connectivity index (χ3v) is 2.37. The van der Waals surface area contributed by atoms with E-state index in [0.717, 1.165) is 0 Å². The second-order valence-electron chi connectivity index (χ2n) is 3.71. The highest BCUT2D eigenvalue weighted by atomic mass is 16.6. The number of oxime groups is 1. The van der Waals surface area contributed by atoms with Gasteiger partial charge >= 0.3 is 0 Å². The first kappa shape index (κ1) is 12.6. The van der Waals surface area contributed by atoms with Crippen LogP contribution in [-0.2, 0) is 0 Å². The van der Waals surface area contributed by atoms with Gasteiger partial charge in [-0.15, -0.1) is 0 Å². The molecule has 0 unspecified atom stereocenters. The molecule has 0 saturated heterocycles. The number of hydrogen-bond acceptors (Lipinski definition) is 7. The SMILES string of the molecule is CC(=O)c1cccc(N/C(=N/O)c2nonc2N)c1. The van der Waals surface area contributed by atoms with Gasteiger partial charge in [-0.3, -0.25) is 4.79 Å². The van der Waals surface area contributed by atoms with Crippen molar-refractivity contribution in [3.8, 4) is 0 Å². The van der Waals surface area contributed by atoms with Gasteiger partial charge in [0.2, 0.25) is 5.84 Å². The van der Waals surface area contributed by atoms with E-state index in [1.54, 1.807) is 24.3 Å². The third kappa shape index (κ3) is 2.68. The molecule has 8 nitrogen and oxygen atoms in total. The molecule has 1 aromatic carbocycles. The molecule has 0 spiro atoms. The number of Topliss-reactive ketones (excluding diaryl/α,β-unsaturated/α-hetero) is 1. The Balaban J connectivity index is 2.27. The summed E-state index contributed by atoms with van der Waals surface area (Å²) in [6.07, 6.45) is 0. The lowest BCUT2D eigenvalue weighted by atomic mass is 10.1. The number of aromatic nitrogens is 2. The van der Waals surface area contributed by atoms with E-state index in [4.69, 9.17) is 10.9 Å². The van der Waals surface area contributed by atoms with Crippen LogP contribution in [-0.4, -0.2) is 27.1 Å². The van der Waals surface area contributed by atoms with Gasteiger partial charge in [-0.25, -0.2) is 4.63 Å². The summed E-state index contributed by atoms with van der Waals surface area (Å²) in [4.78, 5) is 11.3. The van der Waals surface area contributed by atoms with Crippen LogP contribution in [0, 0.1) is 0 Å². The molecule has 0 aliphatic carbocycles. The number of nitrogens with zero attached hydrogens (tertiary/aromatic N) is 3. The minimum Gasteiger partial charge on any atom is -0.409 e. The molecule has 2 aromatic rings. The van der Waals surface area contributed by atoms with Gasteiger partial charge in [0.05, 0.1) is 0 Å². The second-order valence-corrected chi connectivity index (χ2v) is 3.71. The summed E-state index contributed by atoms with van der Waals surface area (Å²) < 4.78 is 4.42. The third-order valence-electron chi connectivity index (χ3n) is 2.37. The van der Waals surface area contributed by atoms with Crippen molar-refractivity contribution in [1.29, 1.82) is 0 Å². The van der Waals surface area contributed by atoms with Gasteiger partial charge in [-0.1, -0.05) is 17.3 Å². The van der Waals surface area contributed by atoms with Crippen molar-refractivity contribution in [2.75, 3.05) is 11.1 Å². The van der Waals surface area contributed by atoms with Gasteiger partial charge in [0.15, 0.2) is 17.3 Å². The molecule has 2 rings (SSSR count). The Morgan fingerprint density at radius 2 is 2.26 bits per heavy atom. The fraction of sp³-hybridized carbons (Fsp3) is 0.0909. The Hall–Kier alpha value is -2.90. The van der Waals surface area contributed by atoms with Gasteiger partial charge in [0, 0.05) is 11.3 Å². The van der Waals surface area contributed by atoms with Crippen molar-refractivity contribution in [1.82, 2.24) is 10.3 Å². The molecule has 19 heavy (non-hydrogen) atoms. The van der Waals surface area contributed by atoms with Crippen molar-refractivity contribution in [2.24, 2.45) is 5.16 Å². The van der Waals surface area contributed by atoms with Gasteiger partial charge in [-0.2, -0.15) is 0 Å². The normalized spacial score (nSPS) is 11.3. The van der Waals surface area contributed by atoms with Crippen molar-refractivity contribution in [2.45, 2.75) is 6.92 Å². The van der Waals surface area contributed by atoms with Crippen LogP contribution in [0.25, 0.3) is 0 Å². The number of hydrogen-bond donors (Lipinski definition) is 3. The van der Waals surface area contributed by atoms with Crippen molar-refractivity contribution < 1.29 is 14.6 Å². The predicted molar refractivity (Wildman–Crippen MR) is 67.1 cm³/mol. The number of carbonyl (C=O) groups excluding carboxylic acids is 1.